The van der Waals surface area contributed by atoms with Crippen LogP contribution < -0.4 is 20.8 Å². The SMILES string of the molecule is Cc1cc2c(cc1N1c3cc4c(oc5ccccc54)c4c3B(c3oc5cc6c(cc5c31)C(C)(C)CCC6(C)C)N(c1ccc(C(C)(C)C)cc1)c1cc3sc5cc6c(cc5c3cc1-4)C(C)(C)CCC6(C)C)C(C)(C)CCC2(C)C. The number of anilines is 5. The summed E-state index contributed by atoms with van der Waals surface area (Å²) in [5.74, 6) is 0. The highest BCUT2D eigenvalue weighted by Crippen LogP contribution is 2.58. The van der Waals surface area contributed by atoms with Crippen molar-refractivity contribution in [1.82, 2.24) is 0 Å². The van der Waals surface area contributed by atoms with Crippen molar-refractivity contribution in [3.8, 4) is 11.1 Å². The third-order valence-corrected chi connectivity index (χ3v) is 22.2. The first kappa shape index (κ1) is 49.8. The van der Waals surface area contributed by atoms with Crippen LogP contribution in [0.25, 0.3) is 64.2 Å². The lowest BCUT2D eigenvalue weighted by Crippen LogP contribution is -2.61. The smallest absolute Gasteiger partial charge is 0.376 e. The Balaban J connectivity index is 1.12. The fourth-order valence-electron chi connectivity index (χ4n) is 15.7. The third kappa shape index (κ3) is 6.85. The van der Waals surface area contributed by atoms with E-state index in [1.165, 1.54) is 123 Å². The maximum Gasteiger partial charge on any atom is 0.376 e. The van der Waals surface area contributed by atoms with Gasteiger partial charge in [-0.1, -0.05) is 140 Å². The molecule has 79 heavy (non-hydrogen) atoms. The van der Waals surface area contributed by atoms with Crippen molar-refractivity contribution in [2.75, 3.05) is 9.71 Å². The van der Waals surface area contributed by atoms with Gasteiger partial charge in [0.2, 0.25) is 0 Å². The third-order valence-electron chi connectivity index (χ3n) is 21.1. The first-order valence-electron chi connectivity index (χ1n) is 29.6. The molecule has 0 radical (unpaired) electrons. The van der Waals surface area contributed by atoms with Gasteiger partial charge in [-0.05, 0) is 200 Å². The van der Waals surface area contributed by atoms with E-state index in [2.05, 4.69) is 224 Å². The van der Waals surface area contributed by atoms with Gasteiger partial charge in [-0.2, -0.15) is 0 Å². The average molecular weight is 1060 g/mol. The number of hydrogen-bond acceptors (Lipinski definition) is 5. The Bertz CT molecular complexity index is 4330. The fourth-order valence-corrected chi connectivity index (χ4v) is 16.8. The summed E-state index contributed by atoms with van der Waals surface area (Å²) in [7, 11) is 0. The minimum atomic E-state index is -0.332. The standard InChI is InChI=1S/C73H77BN2O2S/c1-40-31-49-52(71(11,12)28-25-68(49,5)6)36-55(40)75-57-35-46-43-19-17-18-20-58(43)77-65(46)62-47-32-44-45-33-50-54(73(15,16)30-27-69(50,7)8)38-60(45)79-61(44)39-56(47)76(42-23-21-41(22-24-42)67(2,3)4)74(63(57)62)66-64(75)48-34-51-53(37-59(48)78-66)72(13,14)29-26-70(51,9)10/h17-24,31-39H,25-30H2,1-16H3. The van der Waals surface area contributed by atoms with Gasteiger partial charge >= 0.3 is 6.85 Å². The molecule has 5 aliphatic rings. The monoisotopic (exact) mass is 1060 g/mol. The van der Waals surface area contributed by atoms with Crippen LogP contribution in [0.15, 0.2) is 112 Å². The van der Waals surface area contributed by atoms with Gasteiger partial charge in [0.05, 0.1) is 5.69 Å². The largest absolute Gasteiger partial charge is 0.466 e. The van der Waals surface area contributed by atoms with Crippen molar-refractivity contribution in [3.63, 3.8) is 0 Å². The van der Waals surface area contributed by atoms with E-state index in [1.807, 2.05) is 11.3 Å². The Kier molecular flexibility index (Phi) is 9.83. The molecule has 3 aliphatic carbocycles. The van der Waals surface area contributed by atoms with Gasteiger partial charge in [-0.3, -0.25) is 0 Å². The predicted octanol–water partition coefficient (Wildman–Crippen LogP) is 20.1. The Hall–Kier alpha value is -6.24. The van der Waals surface area contributed by atoms with Crippen LogP contribution in [0.5, 0.6) is 0 Å². The molecule has 5 heterocycles. The Morgan fingerprint density at radius 1 is 0.481 bits per heavy atom. The summed E-state index contributed by atoms with van der Waals surface area (Å²) in [5, 5.41) is 6.13. The van der Waals surface area contributed by atoms with Crippen LogP contribution in [0.1, 0.15) is 187 Å². The second kappa shape index (κ2) is 15.6. The fraction of sp³-hybridized carbons (Fsp3) is 0.397. The molecule has 0 N–H and O–H groups in total. The molecular weight excluding hydrogens is 980 g/mol. The summed E-state index contributed by atoms with van der Waals surface area (Å²) in [6.45, 7) is 38.5. The highest BCUT2D eigenvalue weighted by atomic mass is 32.1. The molecule has 15 rings (SSSR count). The minimum Gasteiger partial charge on any atom is -0.466 e. The van der Waals surface area contributed by atoms with Crippen molar-refractivity contribution in [3.05, 3.63) is 148 Å². The Morgan fingerprint density at radius 2 is 1.01 bits per heavy atom. The second-order valence-electron chi connectivity index (χ2n) is 30.1. The number of furan rings is 2. The molecule has 0 fully saturated rings. The van der Waals surface area contributed by atoms with Crippen LogP contribution in [-0.2, 0) is 37.9 Å². The summed E-state index contributed by atoms with van der Waals surface area (Å²) in [6.07, 6.45) is 6.94. The number of benzene rings is 7. The molecule has 2 aliphatic heterocycles. The zero-order valence-corrected chi connectivity index (χ0v) is 50.6. The lowest BCUT2D eigenvalue weighted by molar-refractivity contribution is 0.332. The Labute approximate surface area is 472 Å². The maximum absolute atomic E-state index is 7.88. The van der Waals surface area contributed by atoms with E-state index in [1.54, 1.807) is 0 Å². The van der Waals surface area contributed by atoms with Crippen LogP contribution >= 0.6 is 11.3 Å². The molecule has 0 atom stereocenters. The number of hydrogen-bond donors (Lipinski definition) is 0. The normalized spacial score (nSPS) is 19.9. The first-order chi connectivity index (χ1) is 37.1. The molecule has 0 bridgehead atoms. The zero-order valence-electron chi connectivity index (χ0n) is 49.8. The van der Waals surface area contributed by atoms with Gasteiger partial charge in [-0.25, -0.2) is 0 Å². The molecule has 0 saturated carbocycles. The van der Waals surface area contributed by atoms with E-state index < -0.39 is 0 Å². The predicted molar refractivity (Wildman–Crippen MR) is 339 cm³/mol. The van der Waals surface area contributed by atoms with Gasteiger partial charge in [0.15, 0.2) is 0 Å². The van der Waals surface area contributed by atoms with E-state index in [-0.39, 0.29) is 44.8 Å². The lowest BCUT2D eigenvalue weighted by atomic mass is 9.45. The highest BCUT2D eigenvalue weighted by molar-refractivity contribution is 7.26. The molecule has 0 unspecified atom stereocenters. The van der Waals surface area contributed by atoms with Crippen molar-refractivity contribution in [1.29, 1.82) is 0 Å². The topological polar surface area (TPSA) is 32.8 Å². The quantitative estimate of drug-likeness (QED) is 0.162. The van der Waals surface area contributed by atoms with Gasteiger partial charge < -0.3 is 18.5 Å². The van der Waals surface area contributed by atoms with Crippen molar-refractivity contribution < 1.29 is 8.83 Å². The van der Waals surface area contributed by atoms with E-state index in [0.717, 1.165) is 63.8 Å². The number of aryl methyl sites for hydroxylation is 1. The number of nitrogens with zero attached hydrogens (tertiary/aromatic N) is 2. The zero-order chi connectivity index (χ0) is 55.2. The molecule has 0 saturated heterocycles. The van der Waals surface area contributed by atoms with E-state index in [9.17, 15) is 0 Å². The summed E-state index contributed by atoms with van der Waals surface area (Å²) in [6, 6.07) is 41.2. The highest BCUT2D eigenvalue weighted by Gasteiger charge is 2.52. The number of thiophene rings is 1. The summed E-state index contributed by atoms with van der Waals surface area (Å²) in [5.41, 5.74) is 24.9. The molecule has 0 amide bonds. The van der Waals surface area contributed by atoms with Gasteiger partial charge in [0.1, 0.15) is 22.4 Å². The first-order valence-corrected chi connectivity index (χ1v) is 30.5. The van der Waals surface area contributed by atoms with Crippen molar-refractivity contribution >= 4 is 111 Å². The molecule has 400 valence electrons. The van der Waals surface area contributed by atoms with Gasteiger partial charge in [-0.15, -0.1) is 11.3 Å². The van der Waals surface area contributed by atoms with Crippen LogP contribution in [-0.4, -0.2) is 6.85 Å². The number of rotatable bonds is 2. The number of fused-ring (bicyclic) bond motifs is 16. The van der Waals surface area contributed by atoms with E-state index >= 15 is 0 Å². The lowest BCUT2D eigenvalue weighted by Gasteiger charge is -2.45. The molecule has 10 aromatic rings. The summed E-state index contributed by atoms with van der Waals surface area (Å²) < 4.78 is 17.9. The summed E-state index contributed by atoms with van der Waals surface area (Å²) >= 11 is 1.96. The molecule has 4 nitrogen and oxygen atoms in total. The van der Waals surface area contributed by atoms with Crippen molar-refractivity contribution in [2.45, 2.75) is 187 Å². The van der Waals surface area contributed by atoms with Crippen LogP contribution in [0.3, 0.4) is 0 Å². The van der Waals surface area contributed by atoms with Crippen LogP contribution in [0, 0.1) is 6.92 Å². The van der Waals surface area contributed by atoms with Crippen LogP contribution in [0.2, 0.25) is 0 Å². The molecule has 6 heteroatoms. The van der Waals surface area contributed by atoms with E-state index in [0.29, 0.717) is 0 Å². The van der Waals surface area contributed by atoms with Crippen LogP contribution in [0.4, 0.5) is 28.4 Å². The molecular formula is C73H77BN2O2S. The van der Waals surface area contributed by atoms with Gasteiger partial charge in [0.25, 0.3) is 0 Å². The minimum absolute atomic E-state index is 0.000404. The number of para-hydroxylation sites is 1. The molecule has 7 aromatic carbocycles. The maximum atomic E-state index is 7.88. The Morgan fingerprint density at radius 3 is 1.63 bits per heavy atom. The van der Waals surface area contributed by atoms with E-state index in [4.69, 9.17) is 8.83 Å². The second-order valence-corrected chi connectivity index (χ2v) is 31.2. The molecule has 0 spiro atoms. The van der Waals surface area contributed by atoms with Crippen molar-refractivity contribution in [2.24, 2.45) is 0 Å². The summed E-state index contributed by atoms with van der Waals surface area (Å²) in [4.78, 5) is 5.35. The molecule has 3 aromatic heterocycles. The average Bonchev–Trinajstić information content (AvgIpc) is 2.44. The van der Waals surface area contributed by atoms with Gasteiger partial charge in [0, 0.05) is 70.2 Å².